The first kappa shape index (κ1) is 33.0. The van der Waals surface area contributed by atoms with Crippen molar-refractivity contribution >= 4 is 44.4 Å². The molecular weight excluding hydrogens is 630 g/mol. The van der Waals surface area contributed by atoms with E-state index in [-0.39, 0.29) is 24.0 Å². The summed E-state index contributed by atoms with van der Waals surface area (Å²) < 4.78 is 21.3. The molecule has 0 unspecified atom stereocenters. The van der Waals surface area contributed by atoms with E-state index in [0.717, 1.165) is 46.3 Å². The molecule has 0 fully saturated rings. The number of aryl methyl sites for hydroxylation is 2. The number of carboxylic acid groups (broad SMARTS) is 1. The van der Waals surface area contributed by atoms with Gasteiger partial charge in [0.2, 0.25) is 0 Å². The molecule has 1 aliphatic heterocycles. The van der Waals surface area contributed by atoms with Crippen molar-refractivity contribution in [2.45, 2.75) is 38.6 Å². The predicted molar refractivity (Wildman–Crippen MR) is 187 cm³/mol. The number of aromatic nitrogens is 2. The molecule has 11 heteroatoms. The van der Waals surface area contributed by atoms with E-state index < -0.39 is 11.8 Å². The highest BCUT2D eigenvalue weighted by atomic mass is 32.1. The molecule has 248 valence electrons. The average molecular weight is 668 g/mol. The minimum absolute atomic E-state index is 0.0200. The number of fused-ring (bicyclic) bond motifs is 2. The summed E-state index contributed by atoms with van der Waals surface area (Å²) >= 11 is 1.43. The van der Waals surface area contributed by atoms with Gasteiger partial charge in [0.1, 0.15) is 5.82 Å². The second kappa shape index (κ2) is 14.9. The van der Waals surface area contributed by atoms with Gasteiger partial charge in [0.25, 0.3) is 5.91 Å². The molecule has 5 aromatic rings. The Kier molecular flexibility index (Phi) is 10.3. The van der Waals surface area contributed by atoms with Crippen LogP contribution in [0.2, 0.25) is 0 Å². The molecule has 0 atom stereocenters. The van der Waals surface area contributed by atoms with E-state index in [9.17, 15) is 19.1 Å². The van der Waals surface area contributed by atoms with E-state index in [1.54, 1.807) is 18.2 Å². The van der Waals surface area contributed by atoms with Crippen molar-refractivity contribution in [1.82, 2.24) is 14.9 Å². The van der Waals surface area contributed by atoms with Gasteiger partial charge in [-0.1, -0.05) is 47.7 Å². The normalized spacial score (nSPS) is 12.7. The zero-order valence-electron chi connectivity index (χ0n) is 27.0. The minimum Gasteiger partial charge on any atom is -0.491 e. The molecule has 0 aliphatic carbocycles. The van der Waals surface area contributed by atoms with E-state index in [4.69, 9.17) is 4.74 Å². The van der Waals surface area contributed by atoms with Crippen molar-refractivity contribution in [3.8, 4) is 5.75 Å². The van der Waals surface area contributed by atoms with Crippen LogP contribution in [0.1, 0.15) is 55.9 Å². The van der Waals surface area contributed by atoms with E-state index in [0.29, 0.717) is 54.4 Å². The van der Waals surface area contributed by atoms with E-state index >= 15 is 0 Å². The maximum atomic E-state index is 14.6. The van der Waals surface area contributed by atoms with Crippen molar-refractivity contribution in [3.63, 3.8) is 0 Å². The zero-order chi connectivity index (χ0) is 33.6. The molecule has 1 aliphatic rings. The van der Waals surface area contributed by atoms with Gasteiger partial charge in [-0.3, -0.25) is 10.1 Å². The molecule has 0 radical (unpaired) electrons. The number of aromatic carboxylic acids is 1. The van der Waals surface area contributed by atoms with E-state index in [1.165, 1.54) is 17.4 Å². The number of nitrogens with one attached hydrogen (secondary N) is 1. The Bertz CT molecular complexity index is 1910. The number of benzene rings is 3. The molecular formula is C37H38FN5O4S. The maximum absolute atomic E-state index is 14.6. The van der Waals surface area contributed by atoms with Gasteiger partial charge in [-0.05, 0) is 111 Å². The summed E-state index contributed by atoms with van der Waals surface area (Å²) in [7, 11) is 4.03. The lowest BCUT2D eigenvalue weighted by Gasteiger charge is -2.31. The summed E-state index contributed by atoms with van der Waals surface area (Å²) in [5, 5.41) is 13.5. The Hall–Kier alpha value is -4.87. The van der Waals surface area contributed by atoms with Crippen molar-refractivity contribution in [3.05, 3.63) is 112 Å². The predicted octanol–water partition coefficient (Wildman–Crippen LogP) is 6.85. The monoisotopic (exact) mass is 667 g/mol. The summed E-state index contributed by atoms with van der Waals surface area (Å²) in [4.78, 5) is 38.9. The third-order valence-electron chi connectivity index (χ3n) is 8.44. The zero-order valence-corrected chi connectivity index (χ0v) is 27.9. The lowest BCUT2D eigenvalue weighted by Crippen LogP contribution is -2.33. The third kappa shape index (κ3) is 7.80. The van der Waals surface area contributed by atoms with Gasteiger partial charge in [-0.25, -0.2) is 19.2 Å². The molecule has 0 bridgehead atoms. The first-order valence-electron chi connectivity index (χ1n) is 16.1. The highest BCUT2D eigenvalue weighted by Crippen LogP contribution is 2.30. The Morgan fingerprint density at radius 2 is 1.88 bits per heavy atom. The van der Waals surface area contributed by atoms with Crippen LogP contribution in [0.25, 0.3) is 10.2 Å². The van der Waals surface area contributed by atoms with Gasteiger partial charge in [-0.2, -0.15) is 0 Å². The van der Waals surface area contributed by atoms with Crippen molar-refractivity contribution in [2.75, 3.05) is 44.0 Å². The molecule has 0 saturated carbocycles. The number of halogens is 1. The number of para-hydroxylation sites is 1. The highest BCUT2D eigenvalue weighted by molar-refractivity contribution is 7.22. The molecule has 1 amide bonds. The van der Waals surface area contributed by atoms with Gasteiger partial charge in [0.15, 0.2) is 22.4 Å². The molecule has 48 heavy (non-hydrogen) atoms. The Balaban J connectivity index is 1.09. The SMILES string of the molecule is CN(C)CCCc1ccc(OCCCc2ccc(N3CCc4cccc(C(=O)Nc5nc6ccccc6s5)c4C3)nc2C(=O)O)c(F)c1. The summed E-state index contributed by atoms with van der Waals surface area (Å²) in [6.07, 6.45) is 3.34. The van der Waals surface area contributed by atoms with E-state index in [1.807, 2.05) is 67.5 Å². The smallest absolute Gasteiger partial charge is 0.354 e. The molecule has 2 aromatic heterocycles. The molecule has 9 nitrogen and oxygen atoms in total. The van der Waals surface area contributed by atoms with Crippen LogP contribution in [0.5, 0.6) is 5.75 Å². The van der Waals surface area contributed by atoms with Crippen LogP contribution >= 0.6 is 11.3 Å². The first-order valence-corrected chi connectivity index (χ1v) is 16.9. The van der Waals surface area contributed by atoms with Gasteiger partial charge in [0.05, 0.1) is 16.8 Å². The number of hydrogen-bond donors (Lipinski definition) is 2. The number of anilines is 2. The summed E-state index contributed by atoms with van der Waals surface area (Å²) in [6, 6.07) is 22.1. The molecule has 3 heterocycles. The van der Waals surface area contributed by atoms with Crippen molar-refractivity contribution in [2.24, 2.45) is 0 Å². The molecule has 0 spiro atoms. The van der Waals surface area contributed by atoms with Gasteiger partial charge in [0, 0.05) is 18.7 Å². The Labute approximate surface area is 283 Å². The highest BCUT2D eigenvalue weighted by Gasteiger charge is 2.25. The number of hydrogen-bond acceptors (Lipinski definition) is 8. The van der Waals surface area contributed by atoms with Crippen LogP contribution in [0.3, 0.4) is 0 Å². The molecule has 0 saturated heterocycles. The fourth-order valence-corrected chi connectivity index (χ4v) is 6.84. The fraction of sp³-hybridized carbons (Fsp3) is 0.297. The van der Waals surface area contributed by atoms with Gasteiger partial charge in [-0.15, -0.1) is 0 Å². The number of carbonyl (C=O) groups excluding carboxylic acids is 1. The topological polar surface area (TPSA) is 108 Å². The van der Waals surface area contributed by atoms with E-state index in [2.05, 4.69) is 20.2 Å². The summed E-state index contributed by atoms with van der Waals surface area (Å²) in [5.74, 6) is -1.02. The number of thiazole rings is 1. The number of amides is 1. The average Bonchev–Trinajstić information content (AvgIpc) is 3.49. The minimum atomic E-state index is -1.11. The molecule has 6 rings (SSSR count). The first-order chi connectivity index (χ1) is 23.2. The molecule has 2 N–H and O–H groups in total. The van der Waals surface area contributed by atoms with Gasteiger partial charge < -0.3 is 19.6 Å². The van der Waals surface area contributed by atoms with Crippen LogP contribution < -0.4 is 15.0 Å². The lowest BCUT2D eigenvalue weighted by molar-refractivity contribution is 0.0689. The number of carbonyl (C=O) groups is 2. The van der Waals surface area contributed by atoms with Crippen molar-refractivity contribution in [1.29, 1.82) is 0 Å². The van der Waals surface area contributed by atoms with Crippen LogP contribution in [0.15, 0.2) is 72.8 Å². The van der Waals surface area contributed by atoms with Gasteiger partial charge >= 0.3 is 5.97 Å². The quantitative estimate of drug-likeness (QED) is 0.131. The number of ether oxygens (including phenoxy) is 1. The van der Waals surface area contributed by atoms with Crippen LogP contribution in [0.4, 0.5) is 15.3 Å². The van der Waals surface area contributed by atoms with Crippen LogP contribution in [-0.2, 0) is 25.8 Å². The molecule has 3 aromatic carbocycles. The number of nitrogens with zero attached hydrogens (tertiary/aromatic N) is 4. The lowest BCUT2D eigenvalue weighted by atomic mass is 9.94. The second-order valence-electron chi connectivity index (χ2n) is 12.2. The largest absolute Gasteiger partial charge is 0.491 e. The third-order valence-corrected chi connectivity index (χ3v) is 9.39. The number of rotatable bonds is 13. The number of pyridine rings is 1. The summed E-state index contributed by atoms with van der Waals surface area (Å²) in [6.45, 7) is 2.22. The van der Waals surface area contributed by atoms with Crippen molar-refractivity contribution < 1.29 is 23.8 Å². The summed E-state index contributed by atoms with van der Waals surface area (Å²) in [5.41, 5.74) is 4.85. The fourth-order valence-electron chi connectivity index (χ4n) is 5.98. The van der Waals surface area contributed by atoms with Crippen LogP contribution in [-0.4, -0.2) is 65.6 Å². The Morgan fingerprint density at radius 3 is 2.67 bits per heavy atom. The Morgan fingerprint density at radius 1 is 1.02 bits per heavy atom. The maximum Gasteiger partial charge on any atom is 0.354 e. The standard InChI is InChI=1S/C37H38FN5O4S/c1-42(2)19-6-8-24-14-16-31(29(38)22-24)47-21-7-10-26-15-17-33(40-34(26)36(45)46)43-20-18-25-9-5-11-27(28(25)23-43)35(44)41-37-39-30-12-3-4-13-32(30)48-37/h3-5,9,11-17,22H,6-8,10,18-21,23H2,1-2H3,(H,45,46)(H,39,41,44). The second-order valence-corrected chi connectivity index (χ2v) is 13.2. The van der Waals surface area contributed by atoms with Crippen LogP contribution in [0, 0.1) is 5.82 Å². The number of carboxylic acids is 1.